The number of nitrogens with one attached hydrogen (secondary N) is 1. The Bertz CT molecular complexity index is 919. The normalized spacial score (nSPS) is 11.6. The molecule has 144 valence electrons. The first-order valence-corrected chi connectivity index (χ1v) is 9.05. The van der Waals surface area contributed by atoms with Crippen LogP contribution < -0.4 is 5.32 Å². The van der Waals surface area contributed by atoms with Gasteiger partial charge in [-0.25, -0.2) is 14.5 Å². The van der Waals surface area contributed by atoms with Gasteiger partial charge in [-0.2, -0.15) is 5.10 Å². The third kappa shape index (κ3) is 4.82. The fourth-order valence-corrected chi connectivity index (χ4v) is 2.76. The highest BCUT2D eigenvalue weighted by atomic mass is 16.5. The number of esters is 1. The van der Waals surface area contributed by atoms with Gasteiger partial charge in [0.2, 0.25) is 0 Å². The molecule has 2 aromatic carbocycles. The molecule has 3 rings (SSSR count). The van der Waals surface area contributed by atoms with Crippen molar-refractivity contribution in [3.8, 4) is 5.69 Å². The monoisotopic (exact) mass is 378 g/mol. The molecule has 0 aliphatic rings. The fraction of sp³-hybridized carbons (Fsp3) is 0.238. The van der Waals surface area contributed by atoms with Crippen LogP contribution in [-0.2, 0) is 9.53 Å². The van der Waals surface area contributed by atoms with Crippen molar-refractivity contribution in [3.63, 3.8) is 0 Å². The van der Waals surface area contributed by atoms with E-state index in [4.69, 9.17) is 4.74 Å². The largest absolute Gasteiger partial charge is 0.452 e. The third-order valence-corrected chi connectivity index (χ3v) is 4.34. The van der Waals surface area contributed by atoms with Crippen LogP contribution in [0.4, 0.5) is 0 Å². The number of benzene rings is 2. The Hall–Kier alpha value is -3.48. The zero-order valence-electron chi connectivity index (χ0n) is 15.8. The number of hydrogen-bond acceptors (Lipinski definition) is 5. The van der Waals surface area contributed by atoms with Crippen molar-refractivity contribution < 1.29 is 14.3 Å². The van der Waals surface area contributed by atoms with Crippen LogP contribution in [0, 0.1) is 6.92 Å². The van der Waals surface area contributed by atoms with E-state index < -0.39 is 5.97 Å². The van der Waals surface area contributed by atoms with Crippen LogP contribution in [0.2, 0.25) is 0 Å². The van der Waals surface area contributed by atoms with E-state index in [1.54, 1.807) is 35.3 Å². The molecule has 0 fully saturated rings. The van der Waals surface area contributed by atoms with Crippen molar-refractivity contribution in [1.29, 1.82) is 0 Å². The van der Waals surface area contributed by atoms with Crippen LogP contribution in [0.25, 0.3) is 5.69 Å². The van der Waals surface area contributed by atoms with Crippen molar-refractivity contribution in [1.82, 2.24) is 20.1 Å². The highest BCUT2D eigenvalue weighted by Gasteiger charge is 2.15. The standard InChI is InChI=1S/C21H22N4O3/c1-3-19(16-6-4-15(2)5-7-16)24-20(26)12-28-21(27)17-8-10-18(11-9-17)25-14-22-13-23-25/h4-11,13-14,19H,3,12H2,1-2H3,(H,24,26)/t19-/m1/s1. The molecule has 0 saturated carbocycles. The van der Waals surface area contributed by atoms with Gasteiger partial charge in [0, 0.05) is 0 Å². The Labute approximate surface area is 163 Å². The molecule has 0 aliphatic heterocycles. The number of rotatable bonds is 7. The van der Waals surface area contributed by atoms with E-state index in [2.05, 4.69) is 15.4 Å². The number of aromatic nitrogens is 3. The van der Waals surface area contributed by atoms with Gasteiger partial charge in [0.1, 0.15) is 12.7 Å². The molecule has 1 N–H and O–H groups in total. The lowest BCUT2D eigenvalue weighted by Crippen LogP contribution is -2.32. The number of amides is 1. The predicted molar refractivity (Wildman–Crippen MR) is 104 cm³/mol. The van der Waals surface area contributed by atoms with Crippen LogP contribution in [0.1, 0.15) is 40.9 Å². The Balaban J connectivity index is 1.53. The molecule has 1 atom stereocenters. The van der Waals surface area contributed by atoms with Crippen molar-refractivity contribution >= 4 is 11.9 Å². The third-order valence-electron chi connectivity index (χ3n) is 4.34. The van der Waals surface area contributed by atoms with Crippen LogP contribution >= 0.6 is 0 Å². The van der Waals surface area contributed by atoms with Gasteiger partial charge in [-0.1, -0.05) is 36.8 Å². The van der Waals surface area contributed by atoms with Crippen molar-refractivity contribution in [2.45, 2.75) is 26.3 Å². The Morgan fingerprint density at radius 1 is 1.11 bits per heavy atom. The maximum atomic E-state index is 12.2. The maximum Gasteiger partial charge on any atom is 0.338 e. The first-order valence-electron chi connectivity index (χ1n) is 9.05. The number of carbonyl (C=O) groups excluding carboxylic acids is 2. The molecule has 3 aromatic rings. The highest BCUT2D eigenvalue weighted by molar-refractivity contribution is 5.91. The van der Waals surface area contributed by atoms with Gasteiger partial charge < -0.3 is 10.1 Å². The van der Waals surface area contributed by atoms with Crippen molar-refractivity contribution in [2.75, 3.05) is 6.61 Å². The number of nitrogens with zero attached hydrogens (tertiary/aromatic N) is 3. The molecule has 0 saturated heterocycles. The van der Waals surface area contributed by atoms with E-state index in [0.717, 1.165) is 23.2 Å². The van der Waals surface area contributed by atoms with Crippen LogP contribution in [-0.4, -0.2) is 33.2 Å². The van der Waals surface area contributed by atoms with Gasteiger partial charge in [-0.05, 0) is 43.2 Å². The van der Waals surface area contributed by atoms with Gasteiger partial charge in [0.25, 0.3) is 5.91 Å². The minimum atomic E-state index is -0.552. The molecule has 0 bridgehead atoms. The van der Waals surface area contributed by atoms with Gasteiger partial charge >= 0.3 is 5.97 Å². The summed E-state index contributed by atoms with van der Waals surface area (Å²) >= 11 is 0. The lowest BCUT2D eigenvalue weighted by Gasteiger charge is -2.17. The molecule has 28 heavy (non-hydrogen) atoms. The zero-order chi connectivity index (χ0) is 19.9. The first-order chi connectivity index (χ1) is 13.6. The summed E-state index contributed by atoms with van der Waals surface area (Å²) in [5, 5.41) is 6.92. The summed E-state index contributed by atoms with van der Waals surface area (Å²) in [5.74, 6) is -0.885. The van der Waals surface area contributed by atoms with Gasteiger partial charge in [-0.3, -0.25) is 4.79 Å². The second-order valence-electron chi connectivity index (χ2n) is 6.40. The minimum absolute atomic E-state index is 0.117. The second-order valence-corrected chi connectivity index (χ2v) is 6.40. The molecule has 0 spiro atoms. The fourth-order valence-electron chi connectivity index (χ4n) is 2.76. The quantitative estimate of drug-likeness (QED) is 0.639. The number of ether oxygens (including phenoxy) is 1. The predicted octanol–water partition coefficient (Wildman–Crippen LogP) is 3.00. The summed E-state index contributed by atoms with van der Waals surface area (Å²) in [6.45, 7) is 3.68. The number of aryl methyl sites for hydroxylation is 1. The summed E-state index contributed by atoms with van der Waals surface area (Å²) < 4.78 is 6.72. The van der Waals surface area contributed by atoms with E-state index in [1.807, 2.05) is 38.1 Å². The van der Waals surface area contributed by atoms with E-state index >= 15 is 0 Å². The Kier molecular flexibility index (Phi) is 6.16. The second kappa shape index (κ2) is 8.94. The zero-order valence-corrected chi connectivity index (χ0v) is 15.8. The average Bonchev–Trinajstić information content (AvgIpc) is 3.26. The average molecular weight is 378 g/mol. The molecule has 7 nitrogen and oxygen atoms in total. The van der Waals surface area contributed by atoms with Crippen LogP contribution in [0.3, 0.4) is 0 Å². The smallest absolute Gasteiger partial charge is 0.338 e. The van der Waals surface area contributed by atoms with E-state index in [1.165, 1.54) is 6.33 Å². The first kappa shape index (κ1) is 19.3. The molecular weight excluding hydrogens is 356 g/mol. The molecule has 7 heteroatoms. The van der Waals surface area contributed by atoms with E-state index in [9.17, 15) is 9.59 Å². The van der Waals surface area contributed by atoms with Crippen molar-refractivity contribution in [3.05, 3.63) is 77.9 Å². The van der Waals surface area contributed by atoms with Gasteiger partial charge in [0.05, 0.1) is 17.3 Å². The van der Waals surface area contributed by atoms with Crippen LogP contribution in [0.5, 0.6) is 0 Å². The topological polar surface area (TPSA) is 86.1 Å². The molecule has 1 heterocycles. The lowest BCUT2D eigenvalue weighted by atomic mass is 10.0. The summed E-state index contributed by atoms with van der Waals surface area (Å²) in [5.41, 5.74) is 3.32. The molecular formula is C21H22N4O3. The Morgan fingerprint density at radius 2 is 1.82 bits per heavy atom. The lowest BCUT2D eigenvalue weighted by molar-refractivity contribution is -0.125. The summed E-state index contributed by atoms with van der Waals surface area (Å²) in [6.07, 6.45) is 3.74. The SMILES string of the molecule is CC[C@@H](NC(=O)COC(=O)c1ccc(-n2cncn2)cc1)c1ccc(C)cc1. The number of hydrogen-bond donors (Lipinski definition) is 1. The number of carbonyl (C=O) groups is 2. The molecule has 0 unspecified atom stereocenters. The van der Waals surface area contributed by atoms with Crippen LogP contribution in [0.15, 0.2) is 61.2 Å². The molecule has 1 aromatic heterocycles. The Morgan fingerprint density at radius 3 is 2.43 bits per heavy atom. The molecule has 1 amide bonds. The highest BCUT2D eigenvalue weighted by Crippen LogP contribution is 2.17. The van der Waals surface area contributed by atoms with E-state index in [-0.39, 0.29) is 18.6 Å². The van der Waals surface area contributed by atoms with E-state index in [0.29, 0.717) is 5.56 Å². The summed E-state index contributed by atoms with van der Waals surface area (Å²) in [7, 11) is 0. The maximum absolute atomic E-state index is 12.2. The summed E-state index contributed by atoms with van der Waals surface area (Å²) in [6, 6.07) is 14.6. The minimum Gasteiger partial charge on any atom is -0.452 e. The van der Waals surface area contributed by atoms with Gasteiger partial charge in [0.15, 0.2) is 6.61 Å². The molecule has 0 radical (unpaired) electrons. The summed E-state index contributed by atoms with van der Waals surface area (Å²) in [4.78, 5) is 28.2. The van der Waals surface area contributed by atoms with Crippen molar-refractivity contribution in [2.24, 2.45) is 0 Å². The molecule has 0 aliphatic carbocycles. The van der Waals surface area contributed by atoms with Gasteiger partial charge in [-0.15, -0.1) is 0 Å².